The Kier molecular flexibility index (Phi) is 4.53. The molecule has 4 rings (SSSR count). The van der Waals surface area contributed by atoms with Crippen molar-refractivity contribution in [1.29, 1.82) is 0 Å². The topological polar surface area (TPSA) is 83.2 Å². The molecule has 0 atom stereocenters. The van der Waals surface area contributed by atoms with Crippen LogP contribution in [0.15, 0.2) is 54.9 Å². The number of ether oxygens (including phenoxy) is 2. The largest absolute Gasteiger partial charge is 0.437 e. The predicted octanol–water partition coefficient (Wildman–Crippen LogP) is 5.12. The summed E-state index contributed by atoms with van der Waals surface area (Å²) in [4.78, 5) is 12.9. The standard InChI is InChI=1S/C22H20N4O2/c1-13-7-10-17(11-14(13)2)27-21-19(23)22(25-12-24-21)28-18-6-4-5-16-9-8-15(3)26-20(16)18/h4-12H,23H2,1-3H3. The van der Waals surface area contributed by atoms with Gasteiger partial charge in [0.05, 0.1) is 0 Å². The molecule has 0 bridgehead atoms. The van der Waals surface area contributed by atoms with Gasteiger partial charge < -0.3 is 15.2 Å². The smallest absolute Gasteiger partial charge is 0.249 e. The number of para-hydroxylation sites is 1. The molecule has 0 radical (unpaired) electrons. The summed E-state index contributed by atoms with van der Waals surface area (Å²) < 4.78 is 11.8. The van der Waals surface area contributed by atoms with Crippen LogP contribution in [0.25, 0.3) is 10.9 Å². The number of aryl methyl sites for hydroxylation is 3. The molecule has 6 heteroatoms. The summed E-state index contributed by atoms with van der Waals surface area (Å²) in [6.07, 6.45) is 1.37. The van der Waals surface area contributed by atoms with Crippen LogP contribution in [-0.2, 0) is 0 Å². The molecule has 2 heterocycles. The van der Waals surface area contributed by atoms with Crippen LogP contribution in [0, 0.1) is 20.8 Å². The van der Waals surface area contributed by atoms with Crippen LogP contribution in [0.1, 0.15) is 16.8 Å². The van der Waals surface area contributed by atoms with Crippen molar-refractivity contribution in [1.82, 2.24) is 15.0 Å². The van der Waals surface area contributed by atoms with E-state index in [1.165, 1.54) is 11.9 Å². The van der Waals surface area contributed by atoms with Gasteiger partial charge in [0.1, 0.15) is 17.6 Å². The number of aromatic nitrogens is 3. The SMILES string of the molecule is Cc1ccc2cccc(Oc3ncnc(Oc4ccc(C)c(C)c4)c3N)c2n1. The Hall–Kier alpha value is -3.67. The number of hydrogen-bond donors (Lipinski definition) is 1. The maximum Gasteiger partial charge on any atom is 0.249 e. The van der Waals surface area contributed by atoms with Crippen LogP contribution >= 0.6 is 0 Å². The minimum absolute atomic E-state index is 0.227. The van der Waals surface area contributed by atoms with Gasteiger partial charge in [0.15, 0.2) is 11.4 Å². The van der Waals surface area contributed by atoms with E-state index in [9.17, 15) is 0 Å². The van der Waals surface area contributed by atoms with E-state index in [-0.39, 0.29) is 17.4 Å². The van der Waals surface area contributed by atoms with Crippen LogP contribution in [0.4, 0.5) is 5.69 Å². The molecule has 0 amide bonds. The summed E-state index contributed by atoms with van der Waals surface area (Å²) in [7, 11) is 0. The molecule has 0 saturated heterocycles. The molecule has 0 spiro atoms. The van der Waals surface area contributed by atoms with Crippen molar-refractivity contribution in [3.8, 4) is 23.3 Å². The highest BCUT2D eigenvalue weighted by molar-refractivity contribution is 5.85. The van der Waals surface area contributed by atoms with Crippen molar-refractivity contribution in [2.75, 3.05) is 5.73 Å². The number of hydrogen-bond acceptors (Lipinski definition) is 6. The fourth-order valence-corrected chi connectivity index (χ4v) is 2.82. The Morgan fingerprint density at radius 3 is 2.39 bits per heavy atom. The maximum absolute atomic E-state index is 6.23. The van der Waals surface area contributed by atoms with Gasteiger partial charge in [-0.25, -0.2) is 4.98 Å². The zero-order valence-corrected chi connectivity index (χ0v) is 15.9. The van der Waals surface area contributed by atoms with Gasteiger partial charge in [0, 0.05) is 11.1 Å². The molecule has 6 nitrogen and oxygen atoms in total. The molecule has 0 aliphatic heterocycles. The van der Waals surface area contributed by atoms with Gasteiger partial charge in [-0.15, -0.1) is 0 Å². The first kappa shape index (κ1) is 17.7. The highest BCUT2D eigenvalue weighted by Crippen LogP contribution is 2.35. The molecule has 28 heavy (non-hydrogen) atoms. The first-order chi connectivity index (χ1) is 13.5. The second kappa shape index (κ2) is 7.15. The molecule has 0 aliphatic carbocycles. The lowest BCUT2D eigenvalue weighted by molar-refractivity contribution is 0.440. The lowest BCUT2D eigenvalue weighted by Crippen LogP contribution is -2.01. The van der Waals surface area contributed by atoms with E-state index >= 15 is 0 Å². The summed E-state index contributed by atoms with van der Waals surface area (Å²) in [6, 6.07) is 15.5. The van der Waals surface area contributed by atoms with Gasteiger partial charge in [-0.05, 0) is 56.2 Å². The van der Waals surface area contributed by atoms with Gasteiger partial charge in [0.25, 0.3) is 0 Å². The highest BCUT2D eigenvalue weighted by Gasteiger charge is 2.14. The van der Waals surface area contributed by atoms with Gasteiger partial charge in [0.2, 0.25) is 11.8 Å². The van der Waals surface area contributed by atoms with Gasteiger partial charge in [-0.2, -0.15) is 9.97 Å². The van der Waals surface area contributed by atoms with Crippen LogP contribution in [-0.4, -0.2) is 15.0 Å². The Labute approximate surface area is 163 Å². The lowest BCUT2D eigenvalue weighted by Gasteiger charge is -2.12. The number of nitrogen functional groups attached to an aromatic ring is 1. The zero-order valence-electron chi connectivity index (χ0n) is 15.9. The van der Waals surface area contributed by atoms with Crippen molar-refractivity contribution in [3.63, 3.8) is 0 Å². The average molecular weight is 372 g/mol. The summed E-state index contributed by atoms with van der Waals surface area (Å²) in [6.45, 7) is 6.00. The fraction of sp³-hybridized carbons (Fsp3) is 0.136. The second-order valence-corrected chi connectivity index (χ2v) is 6.63. The summed E-state index contributed by atoms with van der Waals surface area (Å²) in [5.41, 5.74) is 10.4. The third-order valence-electron chi connectivity index (χ3n) is 4.53. The Bertz CT molecular complexity index is 1170. The van der Waals surface area contributed by atoms with Crippen LogP contribution < -0.4 is 15.2 Å². The van der Waals surface area contributed by atoms with Gasteiger partial charge in [-0.3, -0.25) is 0 Å². The summed E-state index contributed by atoms with van der Waals surface area (Å²) in [5, 5.41) is 0.974. The number of nitrogens with two attached hydrogens (primary N) is 1. The molecular weight excluding hydrogens is 352 g/mol. The lowest BCUT2D eigenvalue weighted by atomic mass is 10.1. The van der Waals surface area contributed by atoms with Crippen molar-refractivity contribution >= 4 is 16.6 Å². The molecule has 0 aliphatic rings. The first-order valence-corrected chi connectivity index (χ1v) is 8.91. The first-order valence-electron chi connectivity index (χ1n) is 8.91. The van der Waals surface area contributed by atoms with E-state index < -0.39 is 0 Å². The number of fused-ring (bicyclic) bond motifs is 1. The molecule has 2 aromatic carbocycles. The normalized spacial score (nSPS) is 10.8. The van der Waals surface area contributed by atoms with Crippen LogP contribution in [0.2, 0.25) is 0 Å². The van der Waals surface area contributed by atoms with Gasteiger partial charge >= 0.3 is 0 Å². The highest BCUT2D eigenvalue weighted by atomic mass is 16.5. The van der Waals surface area contributed by atoms with Crippen LogP contribution in [0.5, 0.6) is 23.3 Å². The van der Waals surface area contributed by atoms with E-state index in [0.29, 0.717) is 11.5 Å². The Balaban J connectivity index is 1.67. The third kappa shape index (κ3) is 3.44. The molecule has 0 saturated carbocycles. The van der Waals surface area contributed by atoms with Crippen LogP contribution in [0.3, 0.4) is 0 Å². The van der Waals surface area contributed by atoms with E-state index in [1.807, 2.05) is 69.3 Å². The number of pyridine rings is 1. The van der Waals surface area contributed by atoms with E-state index in [2.05, 4.69) is 15.0 Å². The molecule has 140 valence electrons. The van der Waals surface area contributed by atoms with E-state index in [1.54, 1.807) is 0 Å². The van der Waals surface area contributed by atoms with Crippen molar-refractivity contribution in [3.05, 3.63) is 71.7 Å². The minimum Gasteiger partial charge on any atom is -0.437 e. The van der Waals surface area contributed by atoms with Crippen molar-refractivity contribution < 1.29 is 9.47 Å². The minimum atomic E-state index is 0.227. The number of nitrogens with zero attached hydrogens (tertiary/aromatic N) is 3. The third-order valence-corrected chi connectivity index (χ3v) is 4.53. The summed E-state index contributed by atoms with van der Waals surface area (Å²) >= 11 is 0. The molecule has 2 aromatic heterocycles. The predicted molar refractivity (Wildman–Crippen MR) is 109 cm³/mol. The molecule has 0 fully saturated rings. The number of anilines is 1. The van der Waals surface area contributed by atoms with Crippen molar-refractivity contribution in [2.24, 2.45) is 0 Å². The fourth-order valence-electron chi connectivity index (χ4n) is 2.82. The monoisotopic (exact) mass is 372 g/mol. The Morgan fingerprint density at radius 2 is 1.61 bits per heavy atom. The average Bonchev–Trinajstić information content (AvgIpc) is 2.68. The number of rotatable bonds is 4. The van der Waals surface area contributed by atoms with E-state index in [0.717, 1.165) is 22.2 Å². The number of benzene rings is 2. The summed E-state index contributed by atoms with van der Waals surface area (Å²) in [5.74, 6) is 1.70. The molecule has 4 aromatic rings. The van der Waals surface area contributed by atoms with Gasteiger partial charge in [-0.1, -0.05) is 24.3 Å². The molecular formula is C22H20N4O2. The zero-order chi connectivity index (χ0) is 19.7. The van der Waals surface area contributed by atoms with E-state index in [4.69, 9.17) is 15.2 Å². The quantitative estimate of drug-likeness (QED) is 0.535. The molecule has 2 N–H and O–H groups in total. The Morgan fingerprint density at radius 1 is 0.821 bits per heavy atom. The second-order valence-electron chi connectivity index (χ2n) is 6.63. The van der Waals surface area contributed by atoms with Crippen molar-refractivity contribution in [2.45, 2.75) is 20.8 Å². The molecule has 0 unspecified atom stereocenters. The maximum atomic E-state index is 6.23.